The van der Waals surface area contributed by atoms with Crippen molar-refractivity contribution in [3.63, 3.8) is 0 Å². The molecule has 1 amide bonds. The van der Waals surface area contributed by atoms with Gasteiger partial charge in [-0.05, 0) is 62.6 Å². The van der Waals surface area contributed by atoms with Gasteiger partial charge in [-0.3, -0.25) is 0 Å². The van der Waals surface area contributed by atoms with E-state index < -0.39 is 6.09 Å². The minimum atomic E-state index is -0.908. The lowest BCUT2D eigenvalue weighted by Crippen LogP contribution is -2.44. The number of aryl methyl sites for hydroxylation is 2. The zero-order valence-electron chi connectivity index (χ0n) is 22.3. The Bertz CT molecular complexity index is 1700. The molecule has 1 unspecified atom stereocenters. The predicted molar refractivity (Wildman–Crippen MR) is 152 cm³/mol. The summed E-state index contributed by atoms with van der Waals surface area (Å²) in [7, 11) is 0. The summed E-state index contributed by atoms with van der Waals surface area (Å²) < 4.78 is 8.47. The van der Waals surface area contributed by atoms with Crippen LogP contribution in [-0.2, 0) is 0 Å². The van der Waals surface area contributed by atoms with Crippen LogP contribution in [0.15, 0.2) is 73.2 Å². The molecule has 2 N–H and O–H groups in total. The molecular formula is C30H29N7O3. The molecule has 10 heteroatoms. The number of likely N-dealkylation sites (tertiary alicyclic amines) is 1. The molecule has 0 spiro atoms. The number of benzene rings is 2. The molecule has 1 aliphatic rings. The van der Waals surface area contributed by atoms with Crippen molar-refractivity contribution in [1.82, 2.24) is 29.6 Å². The lowest BCUT2D eigenvalue weighted by Gasteiger charge is -2.31. The third-order valence-electron chi connectivity index (χ3n) is 7.17. The topological polar surface area (TPSA) is 118 Å². The highest BCUT2D eigenvalue weighted by molar-refractivity contribution is 5.96. The zero-order valence-corrected chi connectivity index (χ0v) is 22.3. The highest BCUT2D eigenvalue weighted by atomic mass is 16.5. The molecule has 1 fully saturated rings. The third kappa shape index (κ3) is 4.91. The van der Waals surface area contributed by atoms with Crippen molar-refractivity contribution in [2.24, 2.45) is 0 Å². The molecule has 202 valence electrons. The Hall–Kier alpha value is -4.99. The second-order valence-corrected chi connectivity index (χ2v) is 9.90. The Balaban J connectivity index is 1.33. The first-order valence-electron chi connectivity index (χ1n) is 13.2. The first kappa shape index (κ1) is 25.3. The average Bonchev–Trinajstić information content (AvgIpc) is 3.40. The van der Waals surface area contributed by atoms with Gasteiger partial charge in [-0.25, -0.2) is 24.4 Å². The van der Waals surface area contributed by atoms with Crippen molar-refractivity contribution in [1.29, 1.82) is 0 Å². The summed E-state index contributed by atoms with van der Waals surface area (Å²) in [4.78, 5) is 26.5. The van der Waals surface area contributed by atoms with E-state index in [0.29, 0.717) is 36.4 Å². The Morgan fingerprint density at radius 3 is 2.73 bits per heavy atom. The molecule has 3 aromatic heterocycles. The highest BCUT2D eigenvalue weighted by Gasteiger charge is 2.24. The van der Waals surface area contributed by atoms with Crippen LogP contribution in [0, 0.1) is 13.8 Å². The number of carbonyl (C=O) groups is 1. The number of amides is 1. The standard InChI is InChI=1S/C30H29N7O3/c1-19-10-11-22-23(7-3-9-26(22)37-20(2)12-16-33-37)27(19)40-28-24(8-4-14-31-28)25-13-15-32-29(35-25)34-21-6-5-17-36(18-21)30(38)39/h3-4,7-16,21H,5-6,17-18H2,1-2H3,(H,38,39)(H,32,34,35). The van der Waals surface area contributed by atoms with E-state index in [4.69, 9.17) is 9.72 Å². The Kier molecular flexibility index (Phi) is 6.73. The Labute approximate surface area is 231 Å². The molecule has 6 rings (SSSR count). The number of carboxylic acid groups (broad SMARTS) is 1. The first-order chi connectivity index (χ1) is 19.5. The van der Waals surface area contributed by atoms with Gasteiger partial charge in [-0.15, -0.1) is 0 Å². The molecule has 2 aromatic carbocycles. The Morgan fingerprint density at radius 2 is 1.90 bits per heavy atom. The molecule has 0 aliphatic carbocycles. The van der Waals surface area contributed by atoms with Gasteiger partial charge in [0.1, 0.15) is 5.75 Å². The number of piperidine rings is 1. The van der Waals surface area contributed by atoms with Crippen molar-refractivity contribution < 1.29 is 14.6 Å². The molecule has 5 aromatic rings. The van der Waals surface area contributed by atoms with Gasteiger partial charge < -0.3 is 20.1 Å². The number of nitrogens with zero attached hydrogens (tertiary/aromatic N) is 6. The van der Waals surface area contributed by atoms with Crippen molar-refractivity contribution >= 4 is 22.8 Å². The maximum atomic E-state index is 11.4. The van der Waals surface area contributed by atoms with Crippen molar-refractivity contribution in [3.8, 4) is 28.6 Å². The number of nitrogens with one attached hydrogen (secondary N) is 1. The number of hydrogen-bond acceptors (Lipinski definition) is 7. The van der Waals surface area contributed by atoms with E-state index in [1.165, 1.54) is 4.90 Å². The minimum absolute atomic E-state index is 0.0596. The van der Waals surface area contributed by atoms with E-state index in [0.717, 1.165) is 46.1 Å². The lowest BCUT2D eigenvalue weighted by atomic mass is 10.0. The average molecular weight is 536 g/mol. The van der Waals surface area contributed by atoms with Crippen LogP contribution in [-0.4, -0.2) is 60.0 Å². The number of anilines is 1. The lowest BCUT2D eigenvalue weighted by molar-refractivity contribution is 0.132. The number of aromatic nitrogens is 5. The van der Waals surface area contributed by atoms with Crippen LogP contribution in [0.3, 0.4) is 0 Å². The van der Waals surface area contributed by atoms with Gasteiger partial charge in [0, 0.05) is 54.2 Å². The quantitative estimate of drug-likeness (QED) is 0.278. The summed E-state index contributed by atoms with van der Waals surface area (Å²) in [5.41, 5.74) is 4.36. The van der Waals surface area contributed by atoms with Crippen LogP contribution in [0.5, 0.6) is 11.6 Å². The second kappa shape index (κ2) is 10.6. The number of fused-ring (bicyclic) bond motifs is 1. The van der Waals surface area contributed by atoms with E-state index >= 15 is 0 Å². The largest absolute Gasteiger partial charge is 0.465 e. The van der Waals surface area contributed by atoms with Crippen LogP contribution in [0.2, 0.25) is 0 Å². The van der Waals surface area contributed by atoms with Gasteiger partial charge in [0.25, 0.3) is 0 Å². The molecule has 1 atom stereocenters. The first-order valence-corrected chi connectivity index (χ1v) is 13.2. The van der Waals surface area contributed by atoms with Crippen LogP contribution in [0.25, 0.3) is 27.7 Å². The normalized spacial score (nSPS) is 15.2. The molecule has 40 heavy (non-hydrogen) atoms. The van der Waals surface area contributed by atoms with E-state index in [2.05, 4.69) is 26.4 Å². The maximum absolute atomic E-state index is 11.4. The SMILES string of the molecule is Cc1ccc2c(-n3nccc3C)cccc2c1Oc1ncccc1-c1ccnc(NC2CCCN(C(=O)O)C2)n1. The molecule has 10 nitrogen and oxygen atoms in total. The summed E-state index contributed by atoms with van der Waals surface area (Å²) in [6.07, 6.45) is 5.90. The zero-order chi connectivity index (χ0) is 27.6. The van der Waals surface area contributed by atoms with Gasteiger partial charge in [0.15, 0.2) is 0 Å². The van der Waals surface area contributed by atoms with E-state index in [-0.39, 0.29) is 6.04 Å². The summed E-state index contributed by atoms with van der Waals surface area (Å²) in [6.45, 7) is 4.98. The predicted octanol–water partition coefficient (Wildman–Crippen LogP) is 5.84. The summed E-state index contributed by atoms with van der Waals surface area (Å²) in [5, 5.41) is 19.1. The Morgan fingerprint density at radius 1 is 1.00 bits per heavy atom. The fraction of sp³-hybridized carbons (Fsp3) is 0.233. The van der Waals surface area contributed by atoms with E-state index in [1.807, 2.05) is 67.1 Å². The number of ether oxygens (including phenoxy) is 1. The maximum Gasteiger partial charge on any atom is 0.407 e. The number of hydrogen-bond donors (Lipinski definition) is 2. The van der Waals surface area contributed by atoms with Gasteiger partial charge in [-0.1, -0.05) is 24.3 Å². The molecule has 0 radical (unpaired) electrons. The van der Waals surface area contributed by atoms with Crippen molar-refractivity contribution in [3.05, 3.63) is 84.4 Å². The molecule has 1 aliphatic heterocycles. The fourth-order valence-electron chi connectivity index (χ4n) is 5.16. The second-order valence-electron chi connectivity index (χ2n) is 9.90. The highest BCUT2D eigenvalue weighted by Crippen LogP contribution is 2.38. The molecule has 1 saturated heterocycles. The monoisotopic (exact) mass is 535 g/mol. The number of rotatable bonds is 6. The minimum Gasteiger partial charge on any atom is -0.465 e. The van der Waals surface area contributed by atoms with Gasteiger partial charge in [0.2, 0.25) is 11.8 Å². The molecule has 0 bridgehead atoms. The van der Waals surface area contributed by atoms with Gasteiger partial charge in [0.05, 0.1) is 16.9 Å². The smallest absolute Gasteiger partial charge is 0.407 e. The fourth-order valence-corrected chi connectivity index (χ4v) is 5.16. The van der Waals surface area contributed by atoms with Crippen molar-refractivity contribution in [2.45, 2.75) is 32.7 Å². The number of pyridine rings is 1. The van der Waals surface area contributed by atoms with Gasteiger partial charge >= 0.3 is 6.09 Å². The third-order valence-corrected chi connectivity index (χ3v) is 7.17. The van der Waals surface area contributed by atoms with Crippen LogP contribution >= 0.6 is 0 Å². The summed E-state index contributed by atoms with van der Waals surface area (Å²) in [6, 6.07) is 17.7. The molecule has 0 saturated carbocycles. The van der Waals surface area contributed by atoms with Crippen molar-refractivity contribution in [2.75, 3.05) is 18.4 Å². The molecule has 4 heterocycles. The summed E-state index contributed by atoms with van der Waals surface area (Å²) >= 11 is 0. The van der Waals surface area contributed by atoms with E-state index in [1.54, 1.807) is 18.6 Å². The van der Waals surface area contributed by atoms with Crippen LogP contribution < -0.4 is 10.1 Å². The summed E-state index contributed by atoms with van der Waals surface area (Å²) in [5.74, 6) is 1.58. The van der Waals surface area contributed by atoms with E-state index in [9.17, 15) is 9.90 Å². The van der Waals surface area contributed by atoms with Gasteiger partial charge in [-0.2, -0.15) is 5.10 Å². The van der Waals surface area contributed by atoms with Crippen LogP contribution in [0.1, 0.15) is 24.1 Å². The molecular weight excluding hydrogens is 506 g/mol. The van der Waals surface area contributed by atoms with Crippen LogP contribution in [0.4, 0.5) is 10.7 Å².